The minimum atomic E-state index is -0.436. The van der Waals surface area contributed by atoms with Gasteiger partial charge in [0.25, 0.3) is 0 Å². The minimum Gasteiger partial charge on any atom is -0.487 e. The zero-order valence-electron chi connectivity index (χ0n) is 8.36. The number of nitrogens with zero attached hydrogens (tertiary/aromatic N) is 1. The van der Waals surface area contributed by atoms with E-state index in [1.807, 2.05) is 0 Å². The molecule has 0 atom stereocenters. The lowest BCUT2D eigenvalue weighted by Crippen LogP contribution is -1.96. The van der Waals surface area contributed by atoms with Crippen molar-refractivity contribution in [3.8, 4) is 5.75 Å². The second-order valence-corrected chi connectivity index (χ2v) is 3.63. The molecule has 0 spiro atoms. The van der Waals surface area contributed by atoms with Crippen molar-refractivity contribution in [2.24, 2.45) is 0 Å². The van der Waals surface area contributed by atoms with E-state index in [1.165, 1.54) is 12.1 Å². The molecule has 2 nitrogen and oxygen atoms in total. The van der Waals surface area contributed by atoms with Crippen LogP contribution >= 0.6 is 11.6 Å². The molecule has 0 saturated heterocycles. The number of benzene rings is 1. The van der Waals surface area contributed by atoms with Crippen molar-refractivity contribution in [2.75, 3.05) is 0 Å². The first-order chi connectivity index (χ1) is 7.75. The van der Waals surface area contributed by atoms with Gasteiger partial charge in [-0.15, -0.1) is 0 Å². The normalized spacial score (nSPS) is 10.1. The molecule has 4 heteroatoms. The molecule has 0 amide bonds. The molecular formula is C12H9ClFNO. The molecule has 0 radical (unpaired) electrons. The fourth-order valence-electron chi connectivity index (χ4n) is 1.23. The van der Waals surface area contributed by atoms with E-state index in [9.17, 15) is 4.39 Å². The summed E-state index contributed by atoms with van der Waals surface area (Å²) in [6.07, 6.45) is 3.26. The average Bonchev–Trinajstić information content (AvgIpc) is 2.32. The third-order valence-electron chi connectivity index (χ3n) is 2.02. The standard InChI is InChI=1S/C12H9ClFNO/c13-11-4-3-9(6-12(11)14)8-16-10-2-1-5-15-7-10/h1-7H,8H2. The van der Waals surface area contributed by atoms with Crippen LogP contribution in [0.3, 0.4) is 0 Å². The molecular weight excluding hydrogens is 229 g/mol. The minimum absolute atomic E-state index is 0.116. The van der Waals surface area contributed by atoms with Crippen molar-refractivity contribution in [3.05, 3.63) is 59.1 Å². The molecule has 1 aromatic heterocycles. The van der Waals surface area contributed by atoms with Crippen molar-refractivity contribution < 1.29 is 9.13 Å². The summed E-state index contributed by atoms with van der Waals surface area (Å²) >= 11 is 5.57. The van der Waals surface area contributed by atoms with Crippen molar-refractivity contribution in [1.82, 2.24) is 4.98 Å². The van der Waals surface area contributed by atoms with Crippen molar-refractivity contribution >= 4 is 11.6 Å². The maximum atomic E-state index is 13.1. The van der Waals surface area contributed by atoms with Gasteiger partial charge in [-0.05, 0) is 29.8 Å². The number of halogens is 2. The molecule has 0 aliphatic rings. The van der Waals surface area contributed by atoms with Gasteiger partial charge in [-0.25, -0.2) is 4.39 Å². The molecule has 0 fully saturated rings. The summed E-state index contributed by atoms with van der Waals surface area (Å²) in [5.41, 5.74) is 0.728. The van der Waals surface area contributed by atoms with Gasteiger partial charge in [0.15, 0.2) is 0 Å². The number of pyridine rings is 1. The summed E-state index contributed by atoms with van der Waals surface area (Å²) in [6, 6.07) is 8.16. The van der Waals surface area contributed by atoms with Gasteiger partial charge in [0.1, 0.15) is 18.2 Å². The van der Waals surface area contributed by atoms with Crippen LogP contribution in [-0.4, -0.2) is 4.98 Å². The van der Waals surface area contributed by atoms with Gasteiger partial charge < -0.3 is 4.74 Å². The lowest BCUT2D eigenvalue weighted by atomic mass is 10.2. The fraction of sp³-hybridized carbons (Fsp3) is 0.0833. The Kier molecular flexibility index (Phi) is 3.37. The number of rotatable bonds is 3. The SMILES string of the molecule is Fc1cc(COc2cccnc2)ccc1Cl. The Morgan fingerprint density at radius 1 is 1.31 bits per heavy atom. The third kappa shape index (κ3) is 2.70. The molecule has 0 N–H and O–H groups in total. The molecule has 0 aliphatic heterocycles. The summed E-state index contributed by atoms with van der Waals surface area (Å²) in [5.74, 6) is 0.215. The largest absolute Gasteiger partial charge is 0.487 e. The Labute approximate surface area is 97.7 Å². The summed E-state index contributed by atoms with van der Waals surface area (Å²) < 4.78 is 18.5. The molecule has 82 valence electrons. The Morgan fingerprint density at radius 3 is 2.88 bits per heavy atom. The maximum Gasteiger partial charge on any atom is 0.142 e. The van der Waals surface area contributed by atoms with E-state index in [0.29, 0.717) is 12.4 Å². The predicted octanol–water partition coefficient (Wildman–Crippen LogP) is 3.45. The van der Waals surface area contributed by atoms with Crippen molar-refractivity contribution in [2.45, 2.75) is 6.61 Å². The summed E-state index contributed by atoms with van der Waals surface area (Å²) in [7, 11) is 0. The average molecular weight is 238 g/mol. The van der Waals surface area contributed by atoms with Crippen LogP contribution in [-0.2, 0) is 6.61 Å². The molecule has 2 rings (SSSR count). The van der Waals surface area contributed by atoms with Gasteiger partial charge in [0, 0.05) is 6.20 Å². The molecule has 0 unspecified atom stereocenters. The van der Waals surface area contributed by atoms with E-state index in [4.69, 9.17) is 16.3 Å². The van der Waals surface area contributed by atoms with Gasteiger partial charge in [-0.2, -0.15) is 0 Å². The predicted molar refractivity (Wildman–Crippen MR) is 60.0 cm³/mol. The zero-order chi connectivity index (χ0) is 11.4. The highest BCUT2D eigenvalue weighted by molar-refractivity contribution is 6.30. The second-order valence-electron chi connectivity index (χ2n) is 3.23. The first kappa shape index (κ1) is 10.9. The second kappa shape index (κ2) is 4.94. The third-order valence-corrected chi connectivity index (χ3v) is 2.33. The Balaban J connectivity index is 2.03. The molecule has 0 bridgehead atoms. The van der Waals surface area contributed by atoms with Crippen LogP contribution < -0.4 is 4.74 Å². The zero-order valence-corrected chi connectivity index (χ0v) is 9.12. The Hall–Kier alpha value is -1.61. The van der Waals surface area contributed by atoms with E-state index in [1.54, 1.807) is 30.6 Å². The number of hydrogen-bond donors (Lipinski definition) is 0. The van der Waals surface area contributed by atoms with Gasteiger partial charge >= 0.3 is 0 Å². The number of ether oxygens (including phenoxy) is 1. The Morgan fingerprint density at radius 2 is 2.19 bits per heavy atom. The topological polar surface area (TPSA) is 22.1 Å². The van der Waals surface area contributed by atoms with Crippen LogP contribution in [0.1, 0.15) is 5.56 Å². The first-order valence-corrected chi connectivity index (χ1v) is 5.10. The number of aromatic nitrogens is 1. The van der Waals surface area contributed by atoms with E-state index in [2.05, 4.69) is 4.98 Å². The first-order valence-electron chi connectivity index (χ1n) is 4.72. The lowest BCUT2D eigenvalue weighted by Gasteiger charge is -2.05. The van der Waals surface area contributed by atoms with Crippen LogP contribution in [0.2, 0.25) is 5.02 Å². The molecule has 0 saturated carbocycles. The molecule has 2 aromatic rings. The van der Waals surface area contributed by atoms with Crippen LogP contribution in [0.4, 0.5) is 4.39 Å². The van der Waals surface area contributed by atoms with Gasteiger partial charge in [0.2, 0.25) is 0 Å². The quantitative estimate of drug-likeness (QED) is 0.816. The van der Waals surface area contributed by atoms with Crippen molar-refractivity contribution in [1.29, 1.82) is 0 Å². The monoisotopic (exact) mass is 237 g/mol. The van der Waals surface area contributed by atoms with E-state index < -0.39 is 5.82 Å². The highest BCUT2D eigenvalue weighted by Gasteiger charge is 2.01. The summed E-state index contributed by atoms with van der Waals surface area (Å²) in [6.45, 7) is 0.291. The molecule has 0 aliphatic carbocycles. The van der Waals surface area contributed by atoms with Crippen LogP contribution in [0.15, 0.2) is 42.7 Å². The Bertz CT molecular complexity index is 476. The summed E-state index contributed by atoms with van der Waals surface area (Å²) in [4.78, 5) is 3.91. The highest BCUT2D eigenvalue weighted by Crippen LogP contribution is 2.17. The molecule has 1 heterocycles. The number of hydrogen-bond acceptors (Lipinski definition) is 2. The summed E-state index contributed by atoms with van der Waals surface area (Å²) in [5, 5.41) is 0.116. The fourth-order valence-corrected chi connectivity index (χ4v) is 1.35. The highest BCUT2D eigenvalue weighted by atomic mass is 35.5. The molecule has 16 heavy (non-hydrogen) atoms. The maximum absolute atomic E-state index is 13.1. The lowest BCUT2D eigenvalue weighted by molar-refractivity contribution is 0.304. The van der Waals surface area contributed by atoms with Crippen molar-refractivity contribution in [3.63, 3.8) is 0 Å². The van der Waals surface area contributed by atoms with Crippen LogP contribution in [0.25, 0.3) is 0 Å². The van der Waals surface area contributed by atoms with Gasteiger partial charge in [-0.3, -0.25) is 4.98 Å². The van der Waals surface area contributed by atoms with Gasteiger partial charge in [0.05, 0.1) is 11.2 Å². The van der Waals surface area contributed by atoms with E-state index in [0.717, 1.165) is 5.56 Å². The molecule has 1 aromatic carbocycles. The van der Waals surface area contributed by atoms with Gasteiger partial charge in [-0.1, -0.05) is 17.7 Å². The van der Waals surface area contributed by atoms with Crippen LogP contribution in [0, 0.1) is 5.82 Å². The van der Waals surface area contributed by atoms with E-state index >= 15 is 0 Å². The smallest absolute Gasteiger partial charge is 0.142 e. The van der Waals surface area contributed by atoms with Crippen LogP contribution in [0.5, 0.6) is 5.75 Å². The van der Waals surface area contributed by atoms with E-state index in [-0.39, 0.29) is 5.02 Å².